The molecule has 0 bridgehead atoms. The van der Waals surface area contributed by atoms with Gasteiger partial charge in [-0.05, 0) is 47.2 Å². The van der Waals surface area contributed by atoms with Crippen molar-refractivity contribution >= 4 is 11.3 Å². The van der Waals surface area contributed by atoms with E-state index in [0.717, 1.165) is 29.0 Å². The summed E-state index contributed by atoms with van der Waals surface area (Å²) < 4.78 is 2.02. The van der Waals surface area contributed by atoms with Gasteiger partial charge in [-0.25, -0.2) is 4.98 Å². The molecule has 4 heteroatoms. The Hall–Kier alpha value is -2.33. The summed E-state index contributed by atoms with van der Waals surface area (Å²) in [6.45, 7) is 5.04. The molecule has 4 rings (SSSR count). The fourth-order valence-corrected chi connectivity index (χ4v) is 3.53. The van der Waals surface area contributed by atoms with Crippen molar-refractivity contribution in [2.24, 2.45) is 0 Å². The Morgan fingerprint density at radius 2 is 2.17 bits per heavy atom. The van der Waals surface area contributed by atoms with Crippen LogP contribution in [0.3, 0.4) is 0 Å². The zero-order chi connectivity index (χ0) is 16.0. The quantitative estimate of drug-likeness (QED) is 0.776. The number of hydrogen-bond donors (Lipinski definition) is 2. The summed E-state index contributed by atoms with van der Waals surface area (Å²) >= 11 is 0. The van der Waals surface area contributed by atoms with Crippen LogP contribution in [0.15, 0.2) is 48.8 Å². The monoisotopic (exact) mass is 307 g/mol. The lowest BCUT2D eigenvalue weighted by molar-refractivity contribution is 0.161. The predicted molar refractivity (Wildman–Crippen MR) is 91.6 cm³/mol. The molecule has 0 fully saturated rings. The highest BCUT2D eigenvalue weighted by Gasteiger charge is 2.35. The van der Waals surface area contributed by atoms with E-state index in [4.69, 9.17) is 0 Å². The SMILES string of the molecule is CC1(C)CC(O)c2cc(NCc3cn4ccccc4n3)ccc21. The van der Waals surface area contributed by atoms with Gasteiger partial charge in [0.05, 0.1) is 18.3 Å². The number of fused-ring (bicyclic) bond motifs is 2. The topological polar surface area (TPSA) is 49.6 Å². The maximum Gasteiger partial charge on any atom is 0.137 e. The van der Waals surface area contributed by atoms with Crippen LogP contribution in [0, 0.1) is 0 Å². The summed E-state index contributed by atoms with van der Waals surface area (Å²) in [5, 5.41) is 13.7. The molecule has 4 nitrogen and oxygen atoms in total. The van der Waals surface area contributed by atoms with Crippen LogP contribution in [0.2, 0.25) is 0 Å². The molecule has 3 aromatic rings. The van der Waals surface area contributed by atoms with Gasteiger partial charge in [-0.15, -0.1) is 0 Å². The van der Waals surface area contributed by atoms with Crippen LogP contribution in [-0.4, -0.2) is 14.5 Å². The average molecular weight is 307 g/mol. The van der Waals surface area contributed by atoms with Crippen molar-refractivity contribution in [2.45, 2.75) is 38.3 Å². The largest absolute Gasteiger partial charge is 0.388 e. The maximum absolute atomic E-state index is 10.3. The number of hydrogen-bond acceptors (Lipinski definition) is 3. The summed E-state index contributed by atoms with van der Waals surface area (Å²) in [5.41, 5.74) is 5.33. The lowest BCUT2D eigenvalue weighted by atomic mass is 9.86. The third-order valence-electron chi connectivity index (χ3n) is 4.73. The Labute approximate surface area is 135 Å². The van der Waals surface area contributed by atoms with Crippen LogP contribution in [0.25, 0.3) is 5.65 Å². The van der Waals surface area contributed by atoms with Gasteiger partial charge in [0.1, 0.15) is 5.65 Å². The summed E-state index contributed by atoms with van der Waals surface area (Å²) in [4.78, 5) is 4.59. The van der Waals surface area contributed by atoms with Gasteiger partial charge in [0, 0.05) is 18.1 Å². The van der Waals surface area contributed by atoms with Crippen molar-refractivity contribution < 1.29 is 5.11 Å². The van der Waals surface area contributed by atoms with Gasteiger partial charge in [-0.3, -0.25) is 0 Å². The number of imidazole rings is 1. The summed E-state index contributed by atoms with van der Waals surface area (Å²) in [6, 6.07) is 12.3. The van der Waals surface area contributed by atoms with E-state index < -0.39 is 0 Å². The second kappa shape index (κ2) is 5.10. The maximum atomic E-state index is 10.3. The Morgan fingerprint density at radius 1 is 1.30 bits per heavy atom. The third-order valence-corrected chi connectivity index (χ3v) is 4.73. The lowest BCUT2D eigenvalue weighted by Gasteiger charge is -2.18. The highest BCUT2D eigenvalue weighted by Crippen LogP contribution is 2.45. The summed E-state index contributed by atoms with van der Waals surface area (Å²) in [6.07, 6.45) is 4.46. The van der Waals surface area contributed by atoms with Gasteiger partial charge in [0.25, 0.3) is 0 Å². The van der Waals surface area contributed by atoms with Gasteiger partial charge in [0.2, 0.25) is 0 Å². The van der Waals surface area contributed by atoms with Crippen LogP contribution in [0.4, 0.5) is 5.69 Å². The van der Waals surface area contributed by atoms with Crippen molar-refractivity contribution in [3.8, 4) is 0 Å². The molecule has 1 atom stereocenters. The van der Waals surface area contributed by atoms with Gasteiger partial charge in [-0.2, -0.15) is 0 Å². The highest BCUT2D eigenvalue weighted by atomic mass is 16.3. The molecule has 1 unspecified atom stereocenters. The molecule has 2 N–H and O–H groups in total. The molecular formula is C19H21N3O. The minimum atomic E-state index is -0.364. The average Bonchev–Trinajstić information content (AvgIpc) is 3.04. The predicted octanol–water partition coefficient (Wildman–Crippen LogP) is 3.66. The molecule has 0 saturated heterocycles. The van der Waals surface area contributed by atoms with E-state index in [1.165, 1.54) is 5.56 Å². The first-order valence-corrected chi connectivity index (χ1v) is 8.02. The minimum absolute atomic E-state index is 0.0505. The Balaban J connectivity index is 1.55. The fraction of sp³-hybridized carbons (Fsp3) is 0.316. The fourth-order valence-electron chi connectivity index (χ4n) is 3.53. The first kappa shape index (κ1) is 14.3. The van der Waals surface area contributed by atoms with Crippen LogP contribution in [0.5, 0.6) is 0 Å². The molecule has 1 aliphatic rings. The smallest absolute Gasteiger partial charge is 0.137 e. The molecule has 2 aromatic heterocycles. The highest BCUT2D eigenvalue weighted by molar-refractivity contribution is 5.53. The number of anilines is 1. The van der Waals surface area contributed by atoms with Crippen molar-refractivity contribution in [3.05, 3.63) is 65.6 Å². The van der Waals surface area contributed by atoms with Crippen molar-refractivity contribution in [1.29, 1.82) is 0 Å². The molecule has 0 saturated carbocycles. The van der Waals surface area contributed by atoms with Crippen molar-refractivity contribution in [3.63, 3.8) is 0 Å². The van der Waals surface area contributed by atoms with E-state index in [0.29, 0.717) is 6.54 Å². The summed E-state index contributed by atoms with van der Waals surface area (Å²) in [7, 11) is 0. The molecular weight excluding hydrogens is 286 g/mol. The Kier molecular flexibility index (Phi) is 3.16. The van der Waals surface area contributed by atoms with Crippen molar-refractivity contribution in [1.82, 2.24) is 9.38 Å². The van der Waals surface area contributed by atoms with Crippen molar-refractivity contribution in [2.75, 3.05) is 5.32 Å². The normalized spacial score (nSPS) is 19.0. The molecule has 118 valence electrons. The van der Waals surface area contributed by atoms with E-state index >= 15 is 0 Å². The molecule has 0 aliphatic heterocycles. The number of nitrogens with zero attached hydrogens (tertiary/aromatic N) is 2. The third kappa shape index (κ3) is 2.49. The number of rotatable bonds is 3. The number of aliphatic hydroxyl groups excluding tert-OH is 1. The number of aliphatic hydroxyl groups is 1. The first-order valence-electron chi connectivity index (χ1n) is 8.02. The zero-order valence-electron chi connectivity index (χ0n) is 13.5. The second-order valence-electron chi connectivity index (χ2n) is 6.96. The van der Waals surface area contributed by atoms with Gasteiger partial charge >= 0.3 is 0 Å². The first-order chi connectivity index (χ1) is 11.0. The van der Waals surface area contributed by atoms with Crippen LogP contribution < -0.4 is 5.32 Å². The van der Waals surface area contributed by atoms with E-state index in [9.17, 15) is 5.11 Å². The minimum Gasteiger partial charge on any atom is -0.388 e. The number of aromatic nitrogens is 2. The molecule has 0 radical (unpaired) electrons. The van der Waals surface area contributed by atoms with E-state index in [1.807, 2.05) is 35.0 Å². The van der Waals surface area contributed by atoms with E-state index in [-0.39, 0.29) is 11.5 Å². The zero-order valence-corrected chi connectivity index (χ0v) is 13.5. The molecule has 0 spiro atoms. The Bertz CT molecular complexity index is 833. The molecule has 23 heavy (non-hydrogen) atoms. The summed E-state index contributed by atoms with van der Waals surface area (Å²) in [5.74, 6) is 0. The van der Waals surface area contributed by atoms with Gasteiger partial charge in [0.15, 0.2) is 0 Å². The van der Waals surface area contributed by atoms with Crippen LogP contribution >= 0.6 is 0 Å². The van der Waals surface area contributed by atoms with Crippen LogP contribution in [0.1, 0.15) is 43.2 Å². The lowest BCUT2D eigenvalue weighted by Crippen LogP contribution is -2.12. The molecule has 0 amide bonds. The Morgan fingerprint density at radius 3 is 3.00 bits per heavy atom. The molecule has 2 heterocycles. The van der Waals surface area contributed by atoms with Gasteiger partial charge < -0.3 is 14.8 Å². The van der Waals surface area contributed by atoms with Gasteiger partial charge in [-0.1, -0.05) is 26.0 Å². The van der Waals surface area contributed by atoms with E-state index in [2.05, 4.69) is 42.3 Å². The number of nitrogens with one attached hydrogen (secondary N) is 1. The molecule has 1 aliphatic carbocycles. The standard InChI is InChI=1S/C19H21N3O/c1-19(2)10-17(23)15-9-13(6-7-16(15)19)20-11-14-12-22-8-4-3-5-18(22)21-14/h3-9,12,17,20,23H,10-11H2,1-2H3. The number of benzene rings is 1. The molecule has 1 aromatic carbocycles. The second-order valence-corrected chi connectivity index (χ2v) is 6.96. The number of pyridine rings is 1. The van der Waals surface area contributed by atoms with E-state index in [1.54, 1.807) is 0 Å². The van der Waals surface area contributed by atoms with Crippen LogP contribution in [-0.2, 0) is 12.0 Å².